The van der Waals surface area contributed by atoms with Crippen molar-refractivity contribution in [2.24, 2.45) is 0 Å². The standard InChI is InChI=1S/C47H30O2/c1-47(2)39-21-17-27(30-20-24-44-46-34(30)12-8-14-36(46)32-9-3-5-15-41(32)49-44)26-38(39)45-35-13-7-11-29(31(35)19-22-40(45)47)28-18-23-43-37(25-28)33-10-4-6-16-42(33)48-43/h3-26H,1-2H3. The number of hydrogen-bond donors (Lipinski definition) is 0. The molecule has 49 heavy (non-hydrogen) atoms. The van der Waals surface area contributed by atoms with E-state index < -0.39 is 0 Å². The van der Waals surface area contributed by atoms with Crippen molar-refractivity contribution < 1.29 is 9.15 Å². The van der Waals surface area contributed by atoms with Crippen molar-refractivity contribution in [2.75, 3.05) is 0 Å². The van der Waals surface area contributed by atoms with Crippen LogP contribution >= 0.6 is 0 Å². The second-order valence-electron chi connectivity index (χ2n) is 14.0. The van der Waals surface area contributed by atoms with Gasteiger partial charge in [-0.2, -0.15) is 0 Å². The summed E-state index contributed by atoms with van der Waals surface area (Å²) < 4.78 is 12.6. The maximum Gasteiger partial charge on any atom is 0.135 e. The minimum absolute atomic E-state index is 0.112. The zero-order chi connectivity index (χ0) is 32.4. The average Bonchev–Trinajstić information content (AvgIpc) is 3.63. The summed E-state index contributed by atoms with van der Waals surface area (Å²) in [5.74, 6) is 1.83. The number of ether oxygens (including phenoxy) is 1. The Bertz CT molecular complexity index is 2880. The molecule has 0 saturated heterocycles. The number of furan rings is 1. The minimum atomic E-state index is -0.112. The molecular formula is C47H30O2. The van der Waals surface area contributed by atoms with Crippen molar-refractivity contribution in [1.29, 1.82) is 0 Å². The SMILES string of the molecule is CC1(C)c2ccc(-c3ccc4c5c(cccc35)-c3ccccc3O4)cc2-c2c1ccc1c(-c3ccc4oc5ccccc5c4c3)cccc21. The van der Waals surface area contributed by atoms with E-state index in [-0.39, 0.29) is 5.41 Å². The molecule has 0 bridgehead atoms. The lowest BCUT2D eigenvalue weighted by Gasteiger charge is -2.23. The van der Waals surface area contributed by atoms with Crippen LogP contribution in [0.2, 0.25) is 0 Å². The van der Waals surface area contributed by atoms with Gasteiger partial charge in [0.05, 0.1) is 0 Å². The molecule has 0 atom stereocenters. The second kappa shape index (κ2) is 9.49. The van der Waals surface area contributed by atoms with E-state index in [0.717, 1.165) is 39.0 Å². The van der Waals surface area contributed by atoms with Crippen LogP contribution in [-0.4, -0.2) is 0 Å². The highest BCUT2D eigenvalue weighted by molar-refractivity contribution is 6.13. The fourth-order valence-electron chi connectivity index (χ4n) is 8.76. The Morgan fingerprint density at radius 2 is 1.10 bits per heavy atom. The first-order chi connectivity index (χ1) is 24.0. The molecule has 2 heterocycles. The third-order valence-corrected chi connectivity index (χ3v) is 11.1. The summed E-state index contributed by atoms with van der Waals surface area (Å²) in [4.78, 5) is 0. The molecule has 1 aliphatic heterocycles. The fraction of sp³-hybridized carbons (Fsp3) is 0.0638. The average molecular weight is 627 g/mol. The van der Waals surface area contributed by atoms with Crippen molar-refractivity contribution in [2.45, 2.75) is 19.3 Å². The highest BCUT2D eigenvalue weighted by Crippen LogP contribution is 2.54. The third kappa shape index (κ3) is 3.61. The smallest absolute Gasteiger partial charge is 0.135 e. The summed E-state index contributed by atoms with van der Waals surface area (Å²) >= 11 is 0. The number of fused-ring (bicyclic) bond motifs is 10. The first kappa shape index (κ1) is 26.9. The number of para-hydroxylation sites is 2. The summed E-state index contributed by atoms with van der Waals surface area (Å²) in [6, 6.07) is 52.8. The molecule has 11 rings (SSSR count). The monoisotopic (exact) mass is 626 g/mol. The lowest BCUT2D eigenvalue weighted by atomic mass is 9.81. The summed E-state index contributed by atoms with van der Waals surface area (Å²) in [5, 5.41) is 7.25. The van der Waals surface area contributed by atoms with Gasteiger partial charge in [0.2, 0.25) is 0 Å². The van der Waals surface area contributed by atoms with Gasteiger partial charge in [-0.1, -0.05) is 123 Å². The molecule has 0 spiro atoms. The van der Waals surface area contributed by atoms with E-state index in [2.05, 4.69) is 141 Å². The summed E-state index contributed by atoms with van der Waals surface area (Å²) in [6.07, 6.45) is 0. The van der Waals surface area contributed by atoms with Crippen molar-refractivity contribution in [3.8, 4) is 56.0 Å². The van der Waals surface area contributed by atoms with Gasteiger partial charge in [0, 0.05) is 27.1 Å². The molecule has 2 heteroatoms. The van der Waals surface area contributed by atoms with Crippen LogP contribution in [0.15, 0.2) is 150 Å². The van der Waals surface area contributed by atoms with Gasteiger partial charge in [0.15, 0.2) is 0 Å². The molecule has 0 radical (unpaired) electrons. The van der Waals surface area contributed by atoms with E-state index in [1.807, 2.05) is 18.2 Å². The van der Waals surface area contributed by atoms with Crippen LogP contribution in [0.3, 0.4) is 0 Å². The summed E-state index contributed by atoms with van der Waals surface area (Å²) in [5.41, 5.74) is 14.4. The van der Waals surface area contributed by atoms with Crippen LogP contribution in [0.25, 0.3) is 88.0 Å². The molecule has 0 unspecified atom stereocenters. The summed E-state index contributed by atoms with van der Waals surface area (Å²) in [7, 11) is 0. The highest BCUT2D eigenvalue weighted by atomic mass is 16.5. The zero-order valence-corrected chi connectivity index (χ0v) is 27.2. The Morgan fingerprint density at radius 1 is 0.408 bits per heavy atom. The maximum absolute atomic E-state index is 6.42. The van der Waals surface area contributed by atoms with Crippen molar-refractivity contribution >= 4 is 43.5 Å². The predicted octanol–water partition coefficient (Wildman–Crippen LogP) is 13.3. The van der Waals surface area contributed by atoms with Crippen LogP contribution in [-0.2, 0) is 5.41 Å². The van der Waals surface area contributed by atoms with E-state index in [1.54, 1.807) is 0 Å². The van der Waals surface area contributed by atoms with E-state index in [4.69, 9.17) is 9.15 Å². The van der Waals surface area contributed by atoms with Crippen molar-refractivity contribution in [3.63, 3.8) is 0 Å². The van der Waals surface area contributed by atoms with Crippen LogP contribution < -0.4 is 4.74 Å². The molecule has 2 aliphatic rings. The molecule has 1 aliphatic carbocycles. The molecule has 0 amide bonds. The van der Waals surface area contributed by atoms with Crippen LogP contribution in [0.1, 0.15) is 25.0 Å². The molecular weight excluding hydrogens is 597 g/mol. The predicted molar refractivity (Wildman–Crippen MR) is 203 cm³/mol. The highest BCUT2D eigenvalue weighted by Gasteiger charge is 2.37. The number of benzene rings is 8. The van der Waals surface area contributed by atoms with Crippen LogP contribution in [0.4, 0.5) is 0 Å². The number of hydrogen-bond acceptors (Lipinski definition) is 2. The second-order valence-corrected chi connectivity index (χ2v) is 14.0. The lowest BCUT2D eigenvalue weighted by Crippen LogP contribution is -2.14. The van der Waals surface area contributed by atoms with Crippen molar-refractivity contribution in [1.82, 2.24) is 0 Å². The zero-order valence-electron chi connectivity index (χ0n) is 27.2. The van der Waals surface area contributed by atoms with Gasteiger partial charge in [-0.25, -0.2) is 0 Å². The van der Waals surface area contributed by atoms with Gasteiger partial charge in [0.1, 0.15) is 22.7 Å². The van der Waals surface area contributed by atoms with E-state index in [0.29, 0.717) is 0 Å². The molecule has 9 aromatic rings. The van der Waals surface area contributed by atoms with E-state index >= 15 is 0 Å². The third-order valence-electron chi connectivity index (χ3n) is 11.1. The topological polar surface area (TPSA) is 22.4 Å². The molecule has 0 saturated carbocycles. The van der Waals surface area contributed by atoms with Gasteiger partial charge >= 0.3 is 0 Å². The first-order valence-corrected chi connectivity index (χ1v) is 17.0. The Labute approximate surface area is 283 Å². The lowest BCUT2D eigenvalue weighted by molar-refractivity contribution is 0.487. The van der Waals surface area contributed by atoms with Gasteiger partial charge in [-0.15, -0.1) is 0 Å². The Kier molecular flexibility index (Phi) is 5.21. The molecule has 2 nitrogen and oxygen atoms in total. The van der Waals surface area contributed by atoms with Gasteiger partial charge < -0.3 is 9.15 Å². The van der Waals surface area contributed by atoms with Gasteiger partial charge in [0.25, 0.3) is 0 Å². The Morgan fingerprint density at radius 3 is 2.04 bits per heavy atom. The molecule has 1 aromatic heterocycles. The molecule has 0 N–H and O–H groups in total. The van der Waals surface area contributed by atoms with Crippen LogP contribution in [0, 0.1) is 0 Å². The largest absolute Gasteiger partial charge is 0.456 e. The molecule has 8 aromatic carbocycles. The Hall–Kier alpha value is -6.12. The molecule has 0 fully saturated rings. The van der Waals surface area contributed by atoms with Gasteiger partial charge in [-0.05, 0) is 103 Å². The molecule has 230 valence electrons. The maximum atomic E-state index is 6.42. The first-order valence-electron chi connectivity index (χ1n) is 17.0. The quantitative estimate of drug-likeness (QED) is 0.190. The van der Waals surface area contributed by atoms with Gasteiger partial charge in [-0.3, -0.25) is 0 Å². The minimum Gasteiger partial charge on any atom is -0.456 e. The normalized spacial score (nSPS) is 13.8. The summed E-state index contributed by atoms with van der Waals surface area (Å²) in [6.45, 7) is 4.73. The van der Waals surface area contributed by atoms with Crippen molar-refractivity contribution in [3.05, 3.63) is 157 Å². The van der Waals surface area contributed by atoms with Crippen LogP contribution in [0.5, 0.6) is 11.5 Å². The number of rotatable bonds is 2. The Balaban J connectivity index is 1.11. The van der Waals surface area contributed by atoms with E-state index in [9.17, 15) is 0 Å². The van der Waals surface area contributed by atoms with E-state index in [1.165, 1.54) is 71.6 Å². The fourth-order valence-corrected chi connectivity index (χ4v) is 8.76.